The predicted molar refractivity (Wildman–Crippen MR) is 73.5 cm³/mol. The first-order chi connectivity index (χ1) is 7.90. The number of halogens is 1. The van der Waals surface area contributed by atoms with Gasteiger partial charge in [0.25, 0.3) is 0 Å². The topological polar surface area (TPSA) is 52.5 Å². The number of benzene rings is 1. The zero-order valence-corrected chi connectivity index (χ0v) is 12.3. The molecule has 3 N–H and O–H groups in total. The van der Waals surface area contributed by atoms with Gasteiger partial charge in [0.05, 0.1) is 6.10 Å². The maximum absolute atomic E-state index is 10.3. The van der Waals surface area contributed by atoms with E-state index >= 15 is 0 Å². The van der Waals surface area contributed by atoms with E-state index in [1.54, 1.807) is 7.05 Å². The average Bonchev–Trinajstić information content (AvgIpc) is 2.23. The lowest BCUT2D eigenvalue weighted by molar-refractivity contribution is 0.173. The first-order valence-corrected chi connectivity index (χ1v) is 6.53. The lowest BCUT2D eigenvalue weighted by atomic mass is 9.93. The third kappa shape index (κ3) is 3.00. The van der Waals surface area contributed by atoms with Crippen molar-refractivity contribution in [3.8, 4) is 5.75 Å². The Morgan fingerprint density at radius 3 is 2.47 bits per heavy atom. The Bertz CT molecular complexity index is 405. The molecule has 0 radical (unpaired) electrons. The first kappa shape index (κ1) is 14.5. The van der Waals surface area contributed by atoms with Crippen LogP contribution in [0.5, 0.6) is 5.75 Å². The Labute approximate surface area is 111 Å². The molecule has 0 bridgehead atoms. The van der Waals surface area contributed by atoms with Crippen LogP contribution in [-0.2, 0) is 0 Å². The Morgan fingerprint density at radius 2 is 2.00 bits per heavy atom. The monoisotopic (exact) mass is 301 g/mol. The van der Waals surface area contributed by atoms with Crippen molar-refractivity contribution in [1.82, 2.24) is 5.32 Å². The van der Waals surface area contributed by atoms with Crippen LogP contribution in [0.15, 0.2) is 10.5 Å². The summed E-state index contributed by atoms with van der Waals surface area (Å²) in [7, 11) is 1.77. The molecule has 0 aromatic heterocycles. The van der Waals surface area contributed by atoms with E-state index in [0.717, 1.165) is 15.6 Å². The third-order valence-electron chi connectivity index (χ3n) is 2.93. The summed E-state index contributed by atoms with van der Waals surface area (Å²) in [6.45, 7) is 6.35. The molecule has 0 aliphatic carbocycles. The zero-order valence-electron chi connectivity index (χ0n) is 10.7. The molecule has 1 aromatic rings. The summed E-state index contributed by atoms with van der Waals surface area (Å²) < 4.78 is 0.921. The number of likely N-dealkylation sites (N-methyl/N-ethyl adjacent to an activating group) is 1. The van der Waals surface area contributed by atoms with Crippen LogP contribution in [0.25, 0.3) is 0 Å². The van der Waals surface area contributed by atoms with Gasteiger partial charge in [-0.25, -0.2) is 0 Å². The van der Waals surface area contributed by atoms with E-state index in [1.807, 2.05) is 26.8 Å². The molecule has 17 heavy (non-hydrogen) atoms. The lowest BCUT2D eigenvalue weighted by Crippen LogP contribution is -2.18. The molecular weight excluding hydrogens is 282 g/mol. The standard InChI is InChI=1S/C13H20BrNO2/c1-7(2)9-5-10(14)8(3)12(13(9)17)11(16)6-15-4/h5,7,11,15-17H,6H2,1-4H3. The summed E-state index contributed by atoms with van der Waals surface area (Å²) in [5.74, 6) is 0.427. The van der Waals surface area contributed by atoms with Gasteiger partial charge in [0, 0.05) is 16.6 Å². The zero-order chi connectivity index (χ0) is 13.2. The van der Waals surface area contributed by atoms with Crippen LogP contribution in [0, 0.1) is 6.92 Å². The van der Waals surface area contributed by atoms with E-state index < -0.39 is 6.10 Å². The predicted octanol–water partition coefficient (Wildman–Crippen LogP) is 2.84. The van der Waals surface area contributed by atoms with E-state index in [-0.39, 0.29) is 11.7 Å². The van der Waals surface area contributed by atoms with Crippen LogP contribution >= 0.6 is 15.9 Å². The second-order valence-electron chi connectivity index (χ2n) is 4.56. The van der Waals surface area contributed by atoms with E-state index in [1.165, 1.54) is 0 Å². The molecule has 96 valence electrons. The Kier molecular flexibility index (Phi) is 4.98. The van der Waals surface area contributed by atoms with Crippen molar-refractivity contribution in [2.45, 2.75) is 32.8 Å². The number of hydrogen-bond acceptors (Lipinski definition) is 3. The van der Waals surface area contributed by atoms with Gasteiger partial charge in [0.2, 0.25) is 0 Å². The van der Waals surface area contributed by atoms with Gasteiger partial charge in [-0.15, -0.1) is 0 Å². The lowest BCUT2D eigenvalue weighted by Gasteiger charge is -2.20. The van der Waals surface area contributed by atoms with Gasteiger partial charge in [0.15, 0.2) is 0 Å². The molecular formula is C13H20BrNO2. The molecule has 0 saturated heterocycles. The summed E-state index contributed by atoms with van der Waals surface area (Å²) in [6, 6.07) is 1.92. The van der Waals surface area contributed by atoms with Gasteiger partial charge in [-0.3, -0.25) is 0 Å². The molecule has 4 heteroatoms. The van der Waals surface area contributed by atoms with Crippen molar-refractivity contribution < 1.29 is 10.2 Å². The Hall–Kier alpha value is -0.580. The minimum absolute atomic E-state index is 0.212. The van der Waals surface area contributed by atoms with E-state index in [4.69, 9.17) is 0 Å². The van der Waals surface area contributed by atoms with Crippen LogP contribution in [0.3, 0.4) is 0 Å². The summed E-state index contributed by atoms with van der Waals surface area (Å²) in [5, 5.41) is 23.2. The summed E-state index contributed by atoms with van der Waals surface area (Å²) in [6.07, 6.45) is -0.699. The molecule has 1 unspecified atom stereocenters. The number of rotatable bonds is 4. The van der Waals surface area contributed by atoms with E-state index in [0.29, 0.717) is 12.1 Å². The van der Waals surface area contributed by atoms with Crippen LogP contribution in [0.2, 0.25) is 0 Å². The highest BCUT2D eigenvalue weighted by Gasteiger charge is 2.21. The van der Waals surface area contributed by atoms with Gasteiger partial charge in [-0.2, -0.15) is 0 Å². The normalized spacial score (nSPS) is 13.1. The second-order valence-corrected chi connectivity index (χ2v) is 5.42. The highest BCUT2D eigenvalue weighted by atomic mass is 79.9. The molecule has 0 saturated carbocycles. The number of phenols is 1. The molecule has 3 nitrogen and oxygen atoms in total. The number of hydrogen-bond donors (Lipinski definition) is 3. The summed E-state index contributed by atoms with van der Waals surface area (Å²) in [5.41, 5.74) is 2.35. The highest BCUT2D eigenvalue weighted by Crippen LogP contribution is 2.38. The minimum atomic E-state index is -0.699. The molecule has 1 rings (SSSR count). The molecule has 0 fully saturated rings. The number of aliphatic hydroxyl groups excluding tert-OH is 1. The maximum atomic E-state index is 10.3. The van der Waals surface area contributed by atoms with E-state index in [9.17, 15) is 10.2 Å². The fourth-order valence-corrected chi connectivity index (χ4v) is 2.38. The van der Waals surface area contributed by atoms with Crippen molar-refractivity contribution in [1.29, 1.82) is 0 Å². The minimum Gasteiger partial charge on any atom is -0.507 e. The molecule has 0 spiro atoms. The SMILES string of the molecule is CNCC(O)c1c(C)c(Br)cc(C(C)C)c1O. The van der Waals surface area contributed by atoms with Gasteiger partial charge in [0.1, 0.15) is 5.75 Å². The van der Waals surface area contributed by atoms with Crippen LogP contribution in [0.4, 0.5) is 0 Å². The van der Waals surface area contributed by atoms with Gasteiger partial charge in [-0.1, -0.05) is 29.8 Å². The van der Waals surface area contributed by atoms with E-state index in [2.05, 4.69) is 21.2 Å². The van der Waals surface area contributed by atoms with Gasteiger partial charge >= 0.3 is 0 Å². The largest absolute Gasteiger partial charge is 0.507 e. The molecule has 1 atom stereocenters. The van der Waals surface area contributed by atoms with Gasteiger partial charge in [-0.05, 0) is 37.1 Å². The fourth-order valence-electron chi connectivity index (χ4n) is 1.92. The van der Waals surface area contributed by atoms with Crippen molar-refractivity contribution in [2.75, 3.05) is 13.6 Å². The van der Waals surface area contributed by atoms with Gasteiger partial charge < -0.3 is 15.5 Å². The number of phenolic OH excluding ortho intramolecular Hbond substituents is 1. The first-order valence-electron chi connectivity index (χ1n) is 5.74. The quantitative estimate of drug-likeness (QED) is 0.801. The van der Waals surface area contributed by atoms with Crippen LogP contribution in [0.1, 0.15) is 42.6 Å². The van der Waals surface area contributed by atoms with Crippen molar-refractivity contribution >= 4 is 15.9 Å². The highest BCUT2D eigenvalue weighted by molar-refractivity contribution is 9.10. The molecule has 0 heterocycles. The second kappa shape index (κ2) is 5.85. The summed E-state index contributed by atoms with van der Waals surface area (Å²) in [4.78, 5) is 0. The number of nitrogens with one attached hydrogen (secondary N) is 1. The third-order valence-corrected chi connectivity index (χ3v) is 3.75. The fraction of sp³-hybridized carbons (Fsp3) is 0.538. The summed E-state index contributed by atoms with van der Waals surface area (Å²) >= 11 is 3.48. The molecule has 0 aliphatic heterocycles. The molecule has 1 aromatic carbocycles. The van der Waals surface area contributed by atoms with Crippen LogP contribution < -0.4 is 5.32 Å². The maximum Gasteiger partial charge on any atom is 0.125 e. The molecule has 0 amide bonds. The number of aliphatic hydroxyl groups is 1. The average molecular weight is 302 g/mol. The van der Waals surface area contributed by atoms with Crippen molar-refractivity contribution in [2.24, 2.45) is 0 Å². The van der Waals surface area contributed by atoms with Crippen molar-refractivity contribution in [3.05, 3.63) is 27.2 Å². The number of aromatic hydroxyl groups is 1. The smallest absolute Gasteiger partial charge is 0.125 e. The molecule has 0 aliphatic rings. The van der Waals surface area contributed by atoms with Crippen molar-refractivity contribution in [3.63, 3.8) is 0 Å². The van der Waals surface area contributed by atoms with Crippen LogP contribution in [-0.4, -0.2) is 23.8 Å². The Balaban J connectivity index is 3.36. The Morgan fingerprint density at radius 1 is 1.41 bits per heavy atom.